The maximum atomic E-state index is 4.49. The van der Waals surface area contributed by atoms with Crippen LogP contribution in [0.15, 0.2) is 43.0 Å². The van der Waals surface area contributed by atoms with Crippen LogP contribution in [0.3, 0.4) is 0 Å². The first-order chi connectivity index (χ1) is 12.1. The highest BCUT2D eigenvalue weighted by Gasteiger charge is 2.14. The second-order valence-corrected chi connectivity index (χ2v) is 6.35. The van der Waals surface area contributed by atoms with Crippen molar-refractivity contribution in [3.63, 3.8) is 0 Å². The van der Waals surface area contributed by atoms with E-state index in [1.807, 2.05) is 19.1 Å². The monoisotopic (exact) mass is 338 g/mol. The minimum atomic E-state index is 0.596. The Labute approximate surface area is 149 Å². The van der Waals surface area contributed by atoms with Gasteiger partial charge in [0.2, 0.25) is 5.95 Å². The highest BCUT2D eigenvalue weighted by atomic mass is 15.2. The van der Waals surface area contributed by atoms with Crippen molar-refractivity contribution in [2.24, 2.45) is 0 Å². The first-order valence-corrected chi connectivity index (χ1v) is 8.65. The maximum absolute atomic E-state index is 4.49. The molecule has 3 rings (SSSR count). The fraction of sp³-hybridized carbons (Fsp3) is 0.368. The molecule has 0 aliphatic carbocycles. The number of anilines is 4. The molecule has 1 saturated heterocycles. The van der Waals surface area contributed by atoms with E-state index in [9.17, 15) is 0 Å². The Kier molecular flexibility index (Phi) is 5.50. The van der Waals surface area contributed by atoms with E-state index < -0.39 is 0 Å². The van der Waals surface area contributed by atoms with E-state index in [-0.39, 0.29) is 0 Å². The van der Waals surface area contributed by atoms with Gasteiger partial charge in [-0.05, 0) is 38.2 Å². The molecule has 25 heavy (non-hydrogen) atoms. The number of hydrogen-bond donors (Lipinski definition) is 2. The number of nitrogens with zero attached hydrogens (tertiary/aromatic N) is 4. The summed E-state index contributed by atoms with van der Waals surface area (Å²) in [6.07, 6.45) is 1.81. The van der Waals surface area contributed by atoms with Crippen molar-refractivity contribution in [1.29, 1.82) is 0 Å². The quantitative estimate of drug-likeness (QED) is 0.790. The Morgan fingerprint density at radius 1 is 1.12 bits per heavy atom. The Morgan fingerprint density at radius 2 is 1.84 bits per heavy atom. The SMILES string of the molecule is C=CCNc1cc(C)nc(Nc2ccc(N3CCN(C)CC3)cc2)n1. The molecule has 0 atom stereocenters. The zero-order valence-corrected chi connectivity index (χ0v) is 15.0. The lowest BCUT2D eigenvalue weighted by Gasteiger charge is -2.34. The Hall–Kier alpha value is -2.60. The molecule has 1 fully saturated rings. The highest BCUT2D eigenvalue weighted by molar-refractivity contribution is 5.60. The van der Waals surface area contributed by atoms with Crippen LogP contribution in [0, 0.1) is 6.92 Å². The van der Waals surface area contributed by atoms with Crippen LogP contribution in [0.4, 0.5) is 23.1 Å². The summed E-state index contributed by atoms with van der Waals surface area (Å²) in [6, 6.07) is 10.4. The molecule has 132 valence electrons. The molecule has 1 aliphatic heterocycles. The summed E-state index contributed by atoms with van der Waals surface area (Å²) < 4.78 is 0. The molecule has 2 N–H and O–H groups in total. The van der Waals surface area contributed by atoms with Gasteiger partial charge in [0.15, 0.2) is 0 Å². The summed E-state index contributed by atoms with van der Waals surface area (Å²) in [7, 11) is 2.17. The van der Waals surface area contributed by atoms with Crippen LogP contribution in [-0.2, 0) is 0 Å². The lowest BCUT2D eigenvalue weighted by atomic mass is 10.2. The van der Waals surface area contributed by atoms with Gasteiger partial charge in [-0.25, -0.2) is 4.98 Å². The number of likely N-dealkylation sites (N-methyl/N-ethyl adjacent to an activating group) is 1. The third kappa shape index (κ3) is 4.70. The summed E-state index contributed by atoms with van der Waals surface area (Å²) in [6.45, 7) is 10.7. The van der Waals surface area contributed by atoms with Crippen LogP contribution in [0.1, 0.15) is 5.69 Å². The number of aromatic nitrogens is 2. The summed E-state index contributed by atoms with van der Waals surface area (Å²) >= 11 is 0. The minimum absolute atomic E-state index is 0.596. The van der Waals surface area contributed by atoms with E-state index in [1.54, 1.807) is 0 Å². The van der Waals surface area contributed by atoms with Gasteiger partial charge in [-0.3, -0.25) is 0 Å². The van der Waals surface area contributed by atoms with Crippen molar-refractivity contribution >= 4 is 23.1 Å². The third-order valence-electron chi connectivity index (χ3n) is 4.27. The number of piperazine rings is 1. The Balaban J connectivity index is 1.67. The van der Waals surface area contributed by atoms with Crippen molar-refractivity contribution in [2.45, 2.75) is 6.92 Å². The second kappa shape index (κ2) is 7.98. The van der Waals surface area contributed by atoms with Crippen molar-refractivity contribution in [1.82, 2.24) is 14.9 Å². The smallest absolute Gasteiger partial charge is 0.229 e. The number of rotatable bonds is 6. The van der Waals surface area contributed by atoms with E-state index in [1.165, 1.54) is 5.69 Å². The second-order valence-electron chi connectivity index (χ2n) is 6.35. The fourth-order valence-electron chi connectivity index (χ4n) is 2.84. The van der Waals surface area contributed by atoms with Crippen molar-refractivity contribution in [3.05, 3.63) is 48.7 Å². The molecule has 0 amide bonds. The van der Waals surface area contributed by atoms with Crippen LogP contribution in [0.2, 0.25) is 0 Å². The van der Waals surface area contributed by atoms with Gasteiger partial charge < -0.3 is 20.4 Å². The van der Waals surface area contributed by atoms with Crippen molar-refractivity contribution in [2.75, 3.05) is 55.3 Å². The van der Waals surface area contributed by atoms with Crippen molar-refractivity contribution in [3.8, 4) is 0 Å². The van der Waals surface area contributed by atoms with E-state index in [4.69, 9.17) is 0 Å². The molecule has 0 bridgehead atoms. The van der Waals surface area contributed by atoms with E-state index in [2.05, 4.69) is 68.3 Å². The summed E-state index contributed by atoms with van der Waals surface area (Å²) in [4.78, 5) is 13.7. The van der Waals surface area contributed by atoms with Crippen LogP contribution in [0.25, 0.3) is 0 Å². The number of benzene rings is 1. The molecule has 0 saturated carbocycles. The predicted molar refractivity (Wildman–Crippen MR) is 105 cm³/mol. The van der Waals surface area contributed by atoms with Crippen LogP contribution < -0.4 is 15.5 Å². The van der Waals surface area contributed by atoms with E-state index >= 15 is 0 Å². The first kappa shape index (κ1) is 17.2. The largest absolute Gasteiger partial charge is 0.369 e. The van der Waals surface area contributed by atoms with Crippen LogP contribution >= 0.6 is 0 Å². The number of nitrogens with one attached hydrogen (secondary N) is 2. The molecule has 0 radical (unpaired) electrons. The average molecular weight is 338 g/mol. The van der Waals surface area contributed by atoms with Gasteiger partial charge in [-0.15, -0.1) is 6.58 Å². The molecule has 2 heterocycles. The minimum Gasteiger partial charge on any atom is -0.369 e. The highest BCUT2D eigenvalue weighted by Crippen LogP contribution is 2.21. The standard InChI is InChI=1S/C19H26N6/c1-4-9-20-18-14-15(2)21-19(23-18)22-16-5-7-17(8-6-16)25-12-10-24(3)11-13-25/h4-8,14H,1,9-13H2,2-3H3,(H2,20,21,22,23). The van der Waals surface area contributed by atoms with Gasteiger partial charge in [-0.1, -0.05) is 6.08 Å². The zero-order chi connectivity index (χ0) is 17.6. The van der Waals surface area contributed by atoms with Crippen LogP contribution in [0.5, 0.6) is 0 Å². The molecular weight excluding hydrogens is 312 g/mol. The van der Waals surface area contributed by atoms with E-state index in [0.29, 0.717) is 12.5 Å². The van der Waals surface area contributed by atoms with Crippen LogP contribution in [-0.4, -0.2) is 54.6 Å². The molecule has 1 aliphatic rings. The topological polar surface area (TPSA) is 56.3 Å². The molecule has 1 aromatic heterocycles. The Bertz CT molecular complexity index is 704. The Morgan fingerprint density at radius 3 is 2.52 bits per heavy atom. The van der Waals surface area contributed by atoms with Gasteiger partial charge in [0.25, 0.3) is 0 Å². The van der Waals surface area contributed by atoms with Gasteiger partial charge >= 0.3 is 0 Å². The molecule has 1 aromatic carbocycles. The normalized spacial score (nSPS) is 15.0. The van der Waals surface area contributed by atoms with Gasteiger partial charge in [-0.2, -0.15) is 4.98 Å². The van der Waals surface area contributed by atoms with Gasteiger partial charge in [0.1, 0.15) is 5.82 Å². The molecule has 6 nitrogen and oxygen atoms in total. The van der Waals surface area contributed by atoms with E-state index in [0.717, 1.165) is 43.4 Å². The molecule has 2 aromatic rings. The molecule has 0 spiro atoms. The van der Waals surface area contributed by atoms with Crippen molar-refractivity contribution < 1.29 is 0 Å². The molecular formula is C19H26N6. The van der Waals surface area contributed by atoms with Gasteiger partial charge in [0.05, 0.1) is 0 Å². The fourth-order valence-corrected chi connectivity index (χ4v) is 2.84. The number of aryl methyl sites for hydroxylation is 1. The molecule has 6 heteroatoms. The summed E-state index contributed by atoms with van der Waals surface area (Å²) in [5.74, 6) is 1.39. The predicted octanol–water partition coefficient (Wildman–Crippen LogP) is 2.88. The number of hydrogen-bond acceptors (Lipinski definition) is 6. The molecule has 0 unspecified atom stereocenters. The first-order valence-electron chi connectivity index (χ1n) is 8.65. The lowest BCUT2D eigenvalue weighted by Crippen LogP contribution is -2.44. The maximum Gasteiger partial charge on any atom is 0.229 e. The summed E-state index contributed by atoms with van der Waals surface area (Å²) in [5, 5.41) is 6.48. The third-order valence-corrected chi connectivity index (χ3v) is 4.27. The van der Waals surface area contributed by atoms with Gasteiger partial charge in [0, 0.05) is 55.9 Å². The average Bonchev–Trinajstić information content (AvgIpc) is 2.61. The lowest BCUT2D eigenvalue weighted by molar-refractivity contribution is 0.313. The zero-order valence-electron chi connectivity index (χ0n) is 15.0. The summed E-state index contributed by atoms with van der Waals surface area (Å²) in [5.41, 5.74) is 3.16.